The number of benzene rings is 2. The SMILES string of the molecule is Cc1c(Cl)ccc2sc(NC(=O)[C@H]3COc4ccccc4O3)nc12. The molecule has 0 saturated carbocycles. The molecule has 0 fully saturated rings. The van der Waals surface area contributed by atoms with Crippen molar-refractivity contribution >= 4 is 44.2 Å². The lowest BCUT2D eigenvalue weighted by Crippen LogP contribution is -2.40. The Morgan fingerprint density at radius 3 is 2.92 bits per heavy atom. The van der Waals surface area contributed by atoms with Crippen LogP contribution in [0.1, 0.15) is 5.56 Å². The normalized spacial score (nSPS) is 16.2. The molecule has 2 heterocycles. The van der Waals surface area contributed by atoms with Crippen LogP contribution in [0.4, 0.5) is 5.13 Å². The fourth-order valence-electron chi connectivity index (χ4n) is 2.49. The van der Waals surface area contributed by atoms with Gasteiger partial charge in [-0.25, -0.2) is 4.98 Å². The van der Waals surface area contributed by atoms with Crippen molar-refractivity contribution in [2.75, 3.05) is 11.9 Å². The zero-order valence-electron chi connectivity index (χ0n) is 12.7. The van der Waals surface area contributed by atoms with Gasteiger partial charge in [0, 0.05) is 5.02 Å². The van der Waals surface area contributed by atoms with Gasteiger partial charge in [0.1, 0.15) is 6.61 Å². The van der Waals surface area contributed by atoms with Crippen LogP contribution in [0.25, 0.3) is 10.2 Å². The molecule has 0 bridgehead atoms. The van der Waals surface area contributed by atoms with Gasteiger partial charge in [0.15, 0.2) is 16.6 Å². The van der Waals surface area contributed by atoms with E-state index in [1.165, 1.54) is 11.3 Å². The molecule has 1 aromatic heterocycles. The number of nitrogens with zero attached hydrogens (tertiary/aromatic N) is 1. The Morgan fingerprint density at radius 1 is 1.29 bits per heavy atom. The van der Waals surface area contributed by atoms with E-state index >= 15 is 0 Å². The largest absolute Gasteiger partial charge is 0.485 e. The summed E-state index contributed by atoms with van der Waals surface area (Å²) in [4.78, 5) is 16.9. The maximum Gasteiger partial charge on any atom is 0.270 e. The fraction of sp³-hybridized carbons (Fsp3) is 0.176. The monoisotopic (exact) mass is 360 g/mol. The Kier molecular flexibility index (Phi) is 3.78. The Balaban J connectivity index is 1.54. The Hall–Kier alpha value is -2.31. The van der Waals surface area contributed by atoms with Crippen molar-refractivity contribution in [3.8, 4) is 11.5 Å². The number of rotatable bonds is 2. The van der Waals surface area contributed by atoms with Gasteiger partial charge in [-0.15, -0.1) is 0 Å². The molecule has 1 amide bonds. The molecule has 0 unspecified atom stereocenters. The van der Waals surface area contributed by atoms with Crippen LogP contribution < -0.4 is 14.8 Å². The summed E-state index contributed by atoms with van der Waals surface area (Å²) in [6.45, 7) is 2.07. The zero-order valence-corrected chi connectivity index (χ0v) is 14.3. The van der Waals surface area contributed by atoms with Gasteiger partial charge < -0.3 is 9.47 Å². The second-order valence-electron chi connectivity index (χ2n) is 5.39. The van der Waals surface area contributed by atoms with Crippen LogP contribution in [0.15, 0.2) is 36.4 Å². The van der Waals surface area contributed by atoms with Crippen LogP contribution in [0.3, 0.4) is 0 Å². The molecule has 122 valence electrons. The average Bonchev–Trinajstić information content (AvgIpc) is 3.01. The van der Waals surface area contributed by atoms with Crippen molar-refractivity contribution in [1.29, 1.82) is 0 Å². The Morgan fingerprint density at radius 2 is 2.08 bits per heavy atom. The van der Waals surface area contributed by atoms with Crippen molar-refractivity contribution < 1.29 is 14.3 Å². The van der Waals surface area contributed by atoms with Crippen LogP contribution in [0.5, 0.6) is 11.5 Å². The molecule has 5 nitrogen and oxygen atoms in total. The van der Waals surface area contributed by atoms with Gasteiger partial charge in [-0.1, -0.05) is 35.1 Å². The summed E-state index contributed by atoms with van der Waals surface area (Å²) >= 11 is 7.51. The topological polar surface area (TPSA) is 60.5 Å². The third-order valence-electron chi connectivity index (χ3n) is 3.78. The summed E-state index contributed by atoms with van der Waals surface area (Å²) < 4.78 is 12.2. The van der Waals surface area contributed by atoms with E-state index < -0.39 is 6.10 Å². The average molecular weight is 361 g/mol. The second-order valence-corrected chi connectivity index (χ2v) is 6.83. The van der Waals surface area contributed by atoms with Crippen LogP contribution in [-0.2, 0) is 4.79 Å². The molecule has 4 rings (SSSR count). The van der Waals surface area contributed by atoms with Crippen LogP contribution in [0, 0.1) is 6.92 Å². The predicted octanol–water partition coefficient (Wildman–Crippen LogP) is 4.04. The van der Waals surface area contributed by atoms with Crippen molar-refractivity contribution in [2.24, 2.45) is 0 Å². The summed E-state index contributed by atoms with van der Waals surface area (Å²) in [6, 6.07) is 11.0. The first-order valence-electron chi connectivity index (χ1n) is 7.37. The standard InChI is InChI=1S/C17H13ClN2O3S/c1-9-10(18)6-7-14-15(9)19-17(24-14)20-16(21)13-8-22-11-4-2-3-5-12(11)23-13/h2-7,13H,8H2,1H3,(H,19,20,21)/t13-/m1/s1. The van der Waals surface area contributed by atoms with Crippen LogP contribution >= 0.6 is 22.9 Å². The number of hydrogen-bond donors (Lipinski definition) is 1. The van der Waals surface area contributed by atoms with Gasteiger partial charge in [-0.3, -0.25) is 10.1 Å². The van der Waals surface area contributed by atoms with Crippen LogP contribution in [-0.4, -0.2) is 23.6 Å². The number of carbonyl (C=O) groups excluding carboxylic acids is 1. The third-order valence-corrected chi connectivity index (χ3v) is 5.12. The quantitative estimate of drug-likeness (QED) is 0.749. The van der Waals surface area contributed by atoms with E-state index in [9.17, 15) is 4.79 Å². The molecule has 2 aromatic carbocycles. The number of thiazole rings is 1. The van der Waals surface area contributed by atoms with Crippen LogP contribution in [0.2, 0.25) is 5.02 Å². The van der Waals surface area contributed by atoms with Gasteiger partial charge in [-0.2, -0.15) is 0 Å². The number of para-hydroxylation sites is 2. The number of ether oxygens (including phenoxy) is 2. The minimum absolute atomic E-state index is 0.165. The number of aryl methyl sites for hydroxylation is 1. The molecule has 7 heteroatoms. The smallest absolute Gasteiger partial charge is 0.270 e. The summed E-state index contributed by atoms with van der Waals surface area (Å²) in [7, 11) is 0. The molecule has 1 N–H and O–H groups in total. The highest BCUT2D eigenvalue weighted by Crippen LogP contribution is 2.33. The lowest BCUT2D eigenvalue weighted by atomic mass is 10.2. The Bertz CT molecular complexity index is 941. The van der Waals surface area contributed by atoms with E-state index in [4.69, 9.17) is 21.1 Å². The minimum Gasteiger partial charge on any atom is -0.485 e. The lowest BCUT2D eigenvalue weighted by molar-refractivity contribution is -0.125. The first-order chi connectivity index (χ1) is 11.6. The van der Waals surface area contributed by atoms with Crippen molar-refractivity contribution in [2.45, 2.75) is 13.0 Å². The summed E-state index contributed by atoms with van der Waals surface area (Å²) in [5.74, 6) is 0.926. The van der Waals surface area contributed by atoms with Crippen molar-refractivity contribution in [1.82, 2.24) is 4.98 Å². The van der Waals surface area contributed by atoms with E-state index in [0.717, 1.165) is 15.8 Å². The lowest BCUT2D eigenvalue weighted by Gasteiger charge is -2.25. The second kappa shape index (κ2) is 5.96. The predicted molar refractivity (Wildman–Crippen MR) is 94.3 cm³/mol. The number of carbonyl (C=O) groups is 1. The maximum atomic E-state index is 12.4. The number of amides is 1. The molecule has 1 aliphatic rings. The van der Waals surface area contributed by atoms with Gasteiger partial charge in [0.2, 0.25) is 6.10 Å². The van der Waals surface area contributed by atoms with Gasteiger partial charge in [0.05, 0.1) is 10.2 Å². The number of halogens is 1. The summed E-state index contributed by atoms with van der Waals surface area (Å²) in [5.41, 5.74) is 1.70. The van der Waals surface area contributed by atoms with Gasteiger partial charge in [-0.05, 0) is 36.8 Å². The molecule has 1 aliphatic heterocycles. The van der Waals surface area contributed by atoms with E-state index in [-0.39, 0.29) is 12.5 Å². The molecule has 0 spiro atoms. The first-order valence-corrected chi connectivity index (χ1v) is 8.56. The van der Waals surface area contributed by atoms with E-state index in [1.807, 2.05) is 37.3 Å². The molecular formula is C17H13ClN2O3S. The highest BCUT2D eigenvalue weighted by molar-refractivity contribution is 7.22. The van der Waals surface area contributed by atoms with Gasteiger partial charge >= 0.3 is 0 Å². The molecule has 3 aromatic rings. The number of hydrogen-bond acceptors (Lipinski definition) is 5. The highest BCUT2D eigenvalue weighted by atomic mass is 35.5. The van der Waals surface area contributed by atoms with Crippen molar-refractivity contribution in [3.63, 3.8) is 0 Å². The van der Waals surface area contributed by atoms with E-state index in [2.05, 4.69) is 10.3 Å². The first kappa shape index (κ1) is 15.2. The number of aromatic nitrogens is 1. The van der Waals surface area contributed by atoms with Crippen molar-refractivity contribution in [3.05, 3.63) is 47.0 Å². The molecule has 0 saturated heterocycles. The summed E-state index contributed by atoms with van der Waals surface area (Å²) in [5, 5.41) is 3.97. The number of fused-ring (bicyclic) bond motifs is 2. The van der Waals surface area contributed by atoms with E-state index in [1.54, 1.807) is 6.07 Å². The zero-order chi connectivity index (χ0) is 16.7. The number of nitrogens with one attached hydrogen (secondary N) is 1. The van der Waals surface area contributed by atoms with E-state index in [0.29, 0.717) is 21.7 Å². The highest BCUT2D eigenvalue weighted by Gasteiger charge is 2.28. The molecule has 24 heavy (non-hydrogen) atoms. The Labute approximate surface area is 147 Å². The molecule has 1 atom stereocenters. The third kappa shape index (κ3) is 2.68. The molecule has 0 aliphatic carbocycles. The minimum atomic E-state index is -0.711. The maximum absolute atomic E-state index is 12.4. The fourth-order valence-corrected chi connectivity index (χ4v) is 3.57. The number of anilines is 1. The van der Waals surface area contributed by atoms with Gasteiger partial charge in [0.25, 0.3) is 5.91 Å². The molecular weight excluding hydrogens is 348 g/mol. The summed E-state index contributed by atoms with van der Waals surface area (Å²) in [6.07, 6.45) is -0.711. The molecule has 0 radical (unpaired) electrons.